The summed E-state index contributed by atoms with van der Waals surface area (Å²) in [5.41, 5.74) is 11.9. The van der Waals surface area contributed by atoms with Crippen LogP contribution < -0.4 is 16.0 Å². The summed E-state index contributed by atoms with van der Waals surface area (Å²) in [4.78, 5) is 50.6. The molecule has 0 amide bonds. The number of ether oxygens (including phenoxy) is 2. The highest BCUT2D eigenvalue weighted by Gasteiger charge is 2.51. The predicted octanol–water partition coefficient (Wildman–Crippen LogP) is -2.42. The predicted molar refractivity (Wildman–Crippen MR) is 146 cm³/mol. The molecule has 2 aliphatic heterocycles. The standard InChI is InChI=1S/C20H28N7O16P3/c21-9-2-1-3-26(4-9)19-15(30)13(28)10(40-19)5-38-45(34,35)43-46(36,37)39-6-11-14(29)16(42-44(31,32)33)20(41-11)27-8-25-12-17(22)23-7-24-18(12)27/h1-4,7-8,10-11,13-16,19-20,28-30H,5-6,21H2,(H5-,22,23,24,31,32,33,34,35,36,37)/p+1/t10-,11-,13-,14-,15-,16-,19-,20-/m1/s1. The lowest BCUT2D eigenvalue weighted by atomic mass is 10.1. The minimum absolute atomic E-state index is 0.0156. The van der Waals surface area contributed by atoms with Crippen LogP contribution >= 0.6 is 23.5 Å². The molecule has 23 nitrogen and oxygen atoms in total. The van der Waals surface area contributed by atoms with Crippen molar-refractivity contribution >= 4 is 46.1 Å². The van der Waals surface area contributed by atoms with Crippen LogP contribution in [0.2, 0.25) is 0 Å². The summed E-state index contributed by atoms with van der Waals surface area (Å²) in [7, 11) is -16.2. The maximum Gasteiger partial charge on any atom is 0.481 e. The Morgan fingerprint density at radius 3 is 2.20 bits per heavy atom. The van der Waals surface area contributed by atoms with Gasteiger partial charge in [-0.1, -0.05) is 0 Å². The average molecular weight is 716 g/mol. The van der Waals surface area contributed by atoms with Gasteiger partial charge in [-0.25, -0.2) is 28.6 Å². The van der Waals surface area contributed by atoms with E-state index in [1.165, 1.54) is 17.0 Å². The topological polar surface area (TPSA) is 348 Å². The second-order valence-electron chi connectivity index (χ2n) is 9.94. The van der Waals surface area contributed by atoms with Crippen LogP contribution in [0.3, 0.4) is 0 Å². The average Bonchev–Trinajstić information content (AvgIpc) is 3.60. The van der Waals surface area contributed by atoms with Crippen molar-refractivity contribution in [2.24, 2.45) is 0 Å². The fourth-order valence-electron chi connectivity index (χ4n) is 4.70. The van der Waals surface area contributed by atoms with Crippen LogP contribution in [0.15, 0.2) is 37.2 Å². The lowest BCUT2D eigenvalue weighted by Crippen LogP contribution is -2.45. The first-order valence-electron chi connectivity index (χ1n) is 12.9. The van der Waals surface area contributed by atoms with Gasteiger partial charge >= 0.3 is 23.5 Å². The van der Waals surface area contributed by atoms with Gasteiger partial charge in [-0.05, 0) is 6.07 Å². The Labute approximate surface area is 257 Å². The Morgan fingerprint density at radius 2 is 1.57 bits per heavy atom. The van der Waals surface area contributed by atoms with Crippen LogP contribution in [-0.4, -0.2) is 104 Å². The molecule has 0 bridgehead atoms. The normalized spacial score (nSPS) is 31.2. The molecule has 3 aromatic rings. The molecule has 3 aromatic heterocycles. The van der Waals surface area contributed by atoms with Crippen molar-refractivity contribution in [1.82, 2.24) is 19.5 Å². The molecule has 2 aliphatic rings. The third-order valence-electron chi connectivity index (χ3n) is 6.72. The van der Waals surface area contributed by atoms with Gasteiger partial charge in [0.05, 0.1) is 25.2 Å². The SMILES string of the molecule is Nc1ccc[n+]([C@@H]2O[C@H](COP(=O)(O)OP(=O)(O)OC[C@H]3O[C@@H](n4cnc5c(N)ncnc54)[C@H](OP(=O)(O)O)[C@@H]3O)[C@@H](O)[C@H]2O)c1. The summed E-state index contributed by atoms with van der Waals surface area (Å²) >= 11 is 0. The second-order valence-corrected chi connectivity index (χ2v) is 14.2. The fraction of sp³-hybridized carbons (Fsp3) is 0.500. The number of rotatable bonds is 12. The zero-order valence-electron chi connectivity index (χ0n) is 23.0. The monoisotopic (exact) mass is 716 g/mol. The number of phosphoric ester groups is 3. The maximum absolute atomic E-state index is 12.5. The van der Waals surface area contributed by atoms with Crippen molar-refractivity contribution in [3.05, 3.63) is 37.2 Å². The van der Waals surface area contributed by atoms with Gasteiger partial charge in [0.25, 0.3) is 6.23 Å². The van der Waals surface area contributed by atoms with E-state index >= 15 is 0 Å². The Balaban J connectivity index is 1.21. The minimum atomic E-state index is -5.48. The summed E-state index contributed by atoms with van der Waals surface area (Å²) in [6, 6.07) is 3.10. The molecule has 5 heterocycles. The number of pyridine rings is 1. The van der Waals surface area contributed by atoms with Crippen LogP contribution in [0.5, 0.6) is 0 Å². The summed E-state index contributed by atoms with van der Waals surface area (Å²) < 4.78 is 68.5. The third kappa shape index (κ3) is 7.77. The van der Waals surface area contributed by atoms with Gasteiger partial charge in [0.15, 0.2) is 36.2 Å². The van der Waals surface area contributed by atoms with Crippen molar-refractivity contribution in [2.75, 3.05) is 24.7 Å². The molecule has 254 valence electrons. The molecule has 26 heteroatoms. The Kier molecular flexibility index (Phi) is 9.96. The number of aliphatic hydroxyl groups excluding tert-OH is 3. The number of nitrogens with zero attached hydrogens (tertiary/aromatic N) is 5. The van der Waals surface area contributed by atoms with Crippen LogP contribution in [0.1, 0.15) is 12.5 Å². The molecule has 2 fully saturated rings. The van der Waals surface area contributed by atoms with Gasteiger partial charge in [-0.3, -0.25) is 18.1 Å². The first-order chi connectivity index (χ1) is 21.4. The highest BCUT2D eigenvalue weighted by molar-refractivity contribution is 7.61. The number of nitrogen functional groups attached to an aromatic ring is 2. The smallest absolute Gasteiger partial charge is 0.394 e. The van der Waals surface area contributed by atoms with Crippen molar-refractivity contribution in [2.45, 2.75) is 49.1 Å². The molecule has 5 rings (SSSR count). The lowest BCUT2D eigenvalue weighted by Gasteiger charge is -2.22. The van der Waals surface area contributed by atoms with Crippen molar-refractivity contribution in [1.29, 1.82) is 0 Å². The lowest BCUT2D eigenvalue weighted by molar-refractivity contribution is -0.765. The number of nitrogens with two attached hydrogens (primary N) is 2. The molecular formula is C20H29N7O16P3+. The summed E-state index contributed by atoms with van der Waals surface area (Å²) in [6.45, 7) is -1.95. The van der Waals surface area contributed by atoms with E-state index in [9.17, 15) is 48.6 Å². The number of hydrogen-bond donors (Lipinski definition) is 9. The highest BCUT2D eigenvalue weighted by atomic mass is 31.3. The van der Waals surface area contributed by atoms with Gasteiger partial charge in [0.2, 0.25) is 0 Å². The van der Waals surface area contributed by atoms with Gasteiger partial charge in [-0.2, -0.15) is 8.88 Å². The van der Waals surface area contributed by atoms with E-state index in [2.05, 4.69) is 23.8 Å². The molecule has 0 aromatic carbocycles. The highest BCUT2D eigenvalue weighted by Crippen LogP contribution is 2.61. The van der Waals surface area contributed by atoms with Gasteiger partial charge in [-0.15, -0.1) is 0 Å². The summed E-state index contributed by atoms with van der Waals surface area (Å²) in [5.74, 6) is -0.0473. The van der Waals surface area contributed by atoms with E-state index < -0.39 is 85.8 Å². The van der Waals surface area contributed by atoms with Crippen LogP contribution in [0.4, 0.5) is 11.5 Å². The fourth-order valence-corrected chi connectivity index (χ4v) is 7.34. The first-order valence-corrected chi connectivity index (χ1v) is 17.4. The molecule has 2 saturated heterocycles. The van der Waals surface area contributed by atoms with Crippen molar-refractivity contribution in [3.8, 4) is 0 Å². The third-order valence-corrected chi connectivity index (χ3v) is 9.84. The quantitative estimate of drug-likeness (QED) is 0.0695. The largest absolute Gasteiger partial charge is 0.481 e. The summed E-state index contributed by atoms with van der Waals surface area (Å²) in [5, 5.41) is 31.4. The number of aliphatic hydroxyl groups is 3. The number of fused-ring (bicyclic) bond motifs is 1. The van der Waals surface area contributed by atoms with Crippen LogP contribution in [0, 0.1) is 0 Å². The molecule has 11 N–H and O–H groups in total. The number of anilines is 2. The number of hydrogen-bond acceptors (Lipinski definition) is 17. The van der Waals surface area contributed by atoms with Gasteiger partial charge in [0.1, 0.15) is 42.4 Å². The van der Waals surface area contributed by atoms with Crippen LogP contribution in [0.25, 0.3) is 11.2 Å². The van der Waals surface area contributed by atoms with E-state index in [0.717, 1.165) is 17.2 Å². The second kappa shape index (κ2) is 13.2. The van der Waals surface area contributed by atoms with Gasteiger partial charge < -0.3 is 55.8 Å². The Hall–Kier alpha value is -2.53. The Bertz CT molecular complexity index is 1710. The van der Waals surface area contributed by atoms with Crippen LogP contribution in [-0.2, 0) is 41.1 Å². The van der Waals surface area contributed by atoms with E-state index in [0.29, 0.717) is 5.69 Å². The zero-order chi connectivity index (χ0) is 33.6. The molecule has 0 aliphatic carbocycles. The van der Waals surface area contributed by atoms with Crippen molar-refractivity contribution < 1.29 is 80.5 Å². The molecule has 0 saturated carbocycles. The van der Waals surface area contributed by atoms with E-state index in [-0.39, 0.29) is 17.0 Å². The minimum Gasteiger partial charge on any atom is -0.394 e. The number of phosphoric acid groups is 3. The molecule has 10 atom stereocenters. The molecule has 0 spiro atoms. The van der Waals surface area contributed by atoms with Gasteiger partial charge in [0, 0.05) is 6.07 Å². The zero-order valence-corrected chi connectivity index (χ0v) is 25.7. The molecule has 46 heavy (non-hydrogen) atoms. The van der Waals surface area contributed by atoms with E-state index in [1.807, 2.05) is 0 Å². The summed E-state index contributed by atoms with van der Waals surface area (Å²) in [6.07, 6.45) is -7.60. The Morgan fingerprint density at radius 1 is 0.913 bits per heavy atom. The molecular weight excluding hydrogens is 687 g/mol. The van der Waals surface area contributed by atoms with E-state index in [1.54, 1.807) is 12.1 Å². The molecule has 2 unspecified atom stereocenters. The molecule has 0 radical (unpaired) electrons. The number of aromatic nitrogens is 5. The number of imidazole rings is 1. The maximum atomic E-state index is 12.5. The first kappa shape index (κ1) is 34.8. The van der Waals surface area contributed by atoms with E-state index in [4.69, 9.17) is 30.0 Å². The van der Waals surface area contributed by atoms with Crippen molar-refractivity contribution in [3.63, 3.8) is 0 Å².